The van der Waals surface area contributed by atoms with E-state index in [2.05, 4.69) is 13.8 Å². The Kier molecular flexibility index (Phi) is 3.45. The Morgan fingerprint density at radius 3 is 2.18 bits per heavy atom. The number of carbonyl (C=O) groups is 1. The van der Waals surface area contributed by atoms with Crippen molar-refractivity contribution in [1.82, 2.24) is 9.21 Å². The van der Waals surface area contributed by atoms with Gasteiger partial charge in [-0.15, -0.1) is 0 Å². The van der Waals surface area contributed by atoms with Gasteiger partial charge in [-0.05, 0) is 23.6 Å². The van der Waals surface area contributed by atoms with E-state index in [1.807, 2.05) is 12.1 Å². The van der Waals surface area contributed by atoms with Crippen LogP contribution in [0.15, 0.2) is 29.2 Å². The zero-order chi connectivity index (χ0) is 16.1. The van der Waals surface area contributed by atoms with Crippen molar-refractivity contribution in [2.75, 3.05) is 26.7 Å². The van der Waals surface area contributed by atoms with E-state index in [1.54, 1.807) is 19.2 Å². The first-order chi connectivity index (χ1) is 10.2. The summed E-state index contributed by atoms with van der Waals surface area (Å²) in [6, 6.07) is 6.97. The van der Waals surface area contributed by atoms with Gasteiger partial charge in [0.15, 0.2) is 5.60 Å². The van der Waals surface area contributed by atoms with Gasteiger partial charge in [0, 0.05) is 7.05 Å². The molecule has 0 aliphatic carbocycles. The maximum Gasteiger partial charge on any atom is 0.410 e. The molecule has 0 bridgehead atoms. The van der Waals surface area contributed by atoms with Gasteiger partial charge in [-0.25, -0.2) is 13.2 Å². The summed E-state index contributed by atoms with van der Waals surface area (Å²) in [5.41, 5.74) is 0.432. The normalized spacial score (nSPS) is 21.3. The van der Waals surface area contributed by atoms with E-state index in [4.69, 9.17) is 4.74 Å². The lowest BCUT2D eigenvalue weighted by molar-refractivity contribution is -0.0335. The summed E-state index contributed by atoms with van der Waals surface area (Å²) in [6.45, 7) is 5.00. The van der Waals surface area contributed by atoms with Gasteiger partial charge in [-0.2, -0.15) is 4.31 Å². The minimum atomic E-state index is -3.52. The highest BCUT2D eigenvalue weighted by molar-refractivity contribution is 7.89. The van der Waals surface area contributed by atoms with Crippen molar-refractivity contribution in [3.05, 3.63) is 29.8 Å². The Labute approximate surface area is 130 Å². The molecule has 1 aromatic rings. The van der Waals surface area contributed by atoms with Gasteiger partial charge < -0.3 is 9.64 Å². The van der Waals surface area contributed by atoms with Crippen LogP contribution in [0.2, 0.25) is 0 Å². The van der Waals surface area contributed by atoms with Crippen LogP contribution in [0.3, 0.4) is 0 Å². The topological polar surface area (TPSA) is 66.9 Å². The van der Waals surface area contributed by atoms with Gasteiger partial charge in [-0.1, -0.05) is 26.0 Å². The van der Waals surface area contributed by atoms with Crippen molar-refractivity contribution in [2.24, 2.45) is 0 Å². The van der Waals surface area contributed by atoms with Crippen LogP contribution in [0.4, 0.5) is 4.79 Å². The van der Waals surface area contributed by atoms with E-state index in [0.29, 0.717) is 12.5 Å². The van der Waals surface area contributed by atoms with Crippen molar-refractivity contribution >= 4 is 16.1 Å². The Balaban J connectivity index is 1.74. The number of hydrogen-bond donors (Lipinski definition) is 0. The Morgan fingerprint density at radius 2 is 1.73 bits per heavy atom. The number of hydrogen-bond acceptors (Lipinski definition) is 4. The number of ether oxygens (including phenoxy) is 1. The van der Waals surface area contributed by atoms with Gasteiger partial charge >= 0.3 is 6.09 Å². The van der Waals surface area contributed by atoms with E-state index in [9.17, 15) is 13.2 Å². The second-order valence-corrected chi connectivity index (χ2v) is 8.34. The predicted molar refractivity (Wildman–Crippen MR) is 81.1 cm³/mol. The maximum absolute atomic E-state index is 12.6. The van der Waals surface area contributed by atoms with Gasteiger partial charge in [0.05, 0.1) is 24.5 Å². The van der Waals surface area contributed by atoms with Crippen LogP contribution in [0, 0.1) is 0 Å². The molecule has 0 aromatic heterocycles. The first-order valence-corrected chi connectivity index (χ1v) is 8.72. The molecule has 120 valence electrons. The Bertz CT molecular complexity index is 691. The fourth-order valence-electron chi connectivity index (χ4n) is 2.90. The fourth-order valence-corrected chi connectivity index (χ4v) is 4.49. The van der Waals surface area contributed by atoms with E-state index in [-0.39, 0.29) is 18.0 Å². The maximum atomic E-state index is 12.6. The second-order valence-electron chi connectivity index (χ2n) is 6.40. The molecule has 3 rings (SSSR count). The number of amides is 1. The lowest BCUT2D eigenvalue weighted by atomic mass is 9.97. The number of sulfonamides is 1. The first-order valence-electron chi connectivity index (χ1n) is 7.28. The molecule has 2 saturated heterocycles. The molecule has 0 unspecified atom stereocenters. The van der Waals surface area contributed by atoms with Crippen molar-refractivity contribution in [3.8, 4) is 0 Å². The molecule has 1 aromatic carbocycles. The zero-order valence-corrected chi connectivity index (χ0v) is 13.8. The Hall–Kier alpha value is -1.60. The number of likely N-dealkylation sites (N-methyl/N-ethyl adjacent to an activating group) is 1. The van der Waals surface area contributed by atoms with E-state index >= 15 is 0 Å². The average Bonchev–Trinajstić information content (AvgIpc) is 2.73. The molecule has 2 aliphatic rings. The molecule has 2 aliphatic heterocycles. The summed E-state index contributed by atoms with van der Waals surface area (Å²) in [4.78, 5) is 13.2. The number of benzene rings is 1. The number of rotatable bonds is 3. The van der Waals surface area contributed by atoms with Crippen LogP contribution >= 0.6 is 0 Å². The minimum absolute atomic E-state index is 0.220. The van der Waals surface area contributed by atoms with Gasteiger partial charge in [0.1, 0.15) is 0 Å². The number of carbonyl (C=O) groups excluding carboxylic acids is 1. The van der Waals surface area contributed by atoms with Gasteiger partial charge in [0.2, 0.25) is 10.0 Å². The van der Waals surface area contributed by atoms with Crippen LogP contribution < -0.4 is 0 Å². The standard InChI is InChI=1S/C15H20N2O4S/c1-11(2)12-4-6-13(7-5-12)22(19,20)17-9-15(10-17)8-16(3)14(18)21-15/h4-7,11H,8-10H2,1-3H3. The van der Waals surface area contributed by atoms with E-state index in [1.165, 1.54) is 9.21 Å². The summed E-state index contributed by atoms with van der Waals surface area (Å²) in [5, 5.41) is 0. The quantitative estimate of drug-likeness (QED) is 0.847. The second kappa shape index (κ2) is 4.96. The van der Waals surface area contributed by atoms with Crippen molar-refractivity contribution < 1.29 is 17.9 Å². The third-order valence-electron chi connectivity index (χ3n) is 4.25. The molecule has 1 amide bonds. The summed E-state index contributed by atoms with van der Waals surface area (Å²) in [6.07, 6.45) is -0.390. The van der Waals surface area contributed by atoms with Gasteiger partial charge in [0.25, 0.3) is 0 Å². The molecule has 22 heavy (non-hydrogen) atoms. The molecular formula is C15H20N2O4S. The molecule has 2 heterocycles. The highest BCUT2D eigenvalue weighted by atomic mass is 32.2. The fraction of sp³-hybridized carbons (Fsp3) is 0.533. The van der Waals surface area contributed by atoms with Crippen molar-refractivity contribution in [1.29, 1.82) is 0 Å². The highest BCUT2D eigenvalue weighted by Crippen LogP contribution is 2.35. The molecule has 1 spiro atoms. The van der Waals surface area contributed by atoms with Crippen molar-refractivity contribution in [3.63, 3.8) is 0 Å². The molecule has 0 radical (unpaired) electrons. The highest BCUT2D eigenvalue weighted by Gasteiger charge is 2.56. The van der Waals surface area contributed by atoms with Crippen LogP contribution in [-0.2, 0) is 14.8 Å². The first kappa shape index (κ1) is 15.3. The van der Waals surface area contributed by atoms with Crippen molar-refractivity contribution in [2.45, 2.75) is 30.3 Å². The van der Waals surface area contributed by atoms with Crippen LogP contribution in [-0.4, -0.2) is 56.0 Å². The molecule has 0 saturated carbocycles. The van der Waals surface area contributed by atoms with E-state index in [0.717, 1.165) is 5.56 Å². The summed E-state index contributed by atoms with van der Waals surface area (Å²) >= 11 is 0. The summed E-state index contributed by atoms with van der Waals surface area (Å²) in [5.74, 6) is 0.359. The van der Waals surface area contributed by atoms with Gasteiger partial charge in [-0.3, -0.25) is 0 Å². The smallest absolute Gasteiger partial charge is 0.410 e. The molecule has 7 heteroatoms. The number of nitrogens with zero attached hydrogens (tertiary/aromatic N) is 2. The lowest BCUT2D eigenvalue weighted by Crippen LogP contribution is -2.65. The molecule has 6 nitrogen and oxygen atoms in total. The monoisotopic (exact) mass is 324 g/mol. The third kappa shape index (κ3) is 2.38. The molecule has 2 fully saturated rings. The SMILES string of the molecule is CC(C)c1ccc(S(=O)(=O)N2CC3(CN(C)C(=O)O3)C2)cc1. The predicted octanol–water partition coefficient (Wildman–Crippen LogP) is 1.64. The molecule has 0 atom stereocenters. The van der Waals surface area contributed by atoms with Crippen LogP contribution in [0.25, 0.3) is 0 Å². The Morgan fingerprint density at radius 1 is 1.14 bits per heavy atom. The summed E-state index contributed by atoms with van der Waals surface area (Å²) < 4.78 is 31.8. The zero-order valence-electron chi connectivity index (χ0n) is 12.9. The molecular weight excluding hydrogens is 304 g/mol. The largest absolute Gasteiger partial charge is 0.438 e. The van der Waals surface area contributed by atoms with Crippen LogP contribution in [0.1, 0.15) is 25.3 Å². The average molecular weight is 324 g/mol. The van der Waals surface area contributed by atoms with E-state index < -0.39 is 21.7 Å². The summed E-state index contributed by atoms with van der Waals surface area (Å²) in [7, 11) is -1.87. The van der Waals surface area contributed by atoms with Crippen LogP contribution in [0.5, 0.6) is 0 Å². The molecule has 0 N–H and O–H groups in total. The minimum Gasteiger partial charge on any atom is -0.438 e. The third-order valence-corrected chi connectivity index (χ3v) is 6.06. The lowest BCUT2D eigenvalue weighted by Gasteiger charge is -2.44.